The number of anilines is 1. The monoisotopic (exact) mass is 539 g/mol. The first-order valence-corrected chi connectivity index (χ1v) is 14.3. The van der Waals surface area contributed by atoms with Gasteiger partial charge in [0.15, 0.2) is 0 Å². The summed E-state index contributed by atoms with van der Waals surface area (Å²) in [4.78, 5) is 28.7. The minimum Gasteiger partial charge on any atom is -0.354 e. The lowest BCUT2D eigenvalue weighted by molar-refractivity contribution is -0.140. The number of benzene rings is 3. The highest BCUT2D eigenvalue weighted by Gasteiger charge is 2.32. The molecule has 3 aromatic rings. The summed E-state index contributed by atoms with van der Waals surface area (Å²) in [6.45, 7) is 3.71. The molecule has 0 aliphatic rings. The van der Waals surface area contributed by atoms with E-state index in [1.54, 1.807) is 30.3 Å². The van der Waals surface area contributed by atoms with Crippen molar-refractivity contribution in [1.82, 2.24) is 10.2 Å². The molecule has 0 bridgehead atoms. The summed E-state index contributed by atoms with van der Waals surface area (Å²) in [5.41, 5.74) is 2.66. The molecule has 1 N–H and O–H groups in total. The van der Waals surface area contributed by atoms with Crippen molar-refractivity contribution in [2.45, 2.75) is 39.3 Å². The Bertz CT molecular complexity index is 1330. The van der Waals surface area contributed by atoms with Gasteiger partial charge in [-0.1, -0.05) is 61.5 Å². The maximum atomic E-state index is 13.9. The first-order chi connectivity index (χ1) is 18.1. The van der Waals surface area contributed by atoms with Gasteiger partial charge in [-0.2, -0.15) is 0 Å². The van der Waals surface area contributed by atoms with Gasteiger partial charge in [0.25, 0.3) is 0 Å². The molecule has 0 aliphatic carbocycles. The fraction of sp³-hybridized carbons (Fsp3) is 0.310. The molecule has 0 radical (unpaired) electrons. The first kappa shape index (κ1) is 28.8. The molecule has 7 nitrogen and oxygen atoms in total. The van der Waals surface area contributed by atoms with E-state index in [1.807, 2.05) is 50.2 Å². The number of carbonyl (C=O) groups is 2. The SMILES string of the molecule is CCCNC(=O)[C@H](Cc1ccccc1)N(Cc1ccc(F)cc1)C(=O)CN(c1cccc(C)c1)S(C)(=O)=O. The van der Waals surface area contributed by atoms with Gasteiger partial charge in [0.2, 0.25) is 21.8 Å². The molecule has 0 spiro atoms. The van der Waals surface area contributed by atoms with Gasteiger partial charge in [-0.3, -0.25) is 13.9 Å². The Morgan fingerprint density at radius 1 is 0.947 bits per heavy atom. The van der Waals surface area contributed by atoms with E-state index < -0.39 is 34.3 Å². The molecule has 3 aromatic carbocycles. The standard InChI is InChI=1S/C29H34FN3O4S/c1-4-17-31-29(35)27(19-23-10-6-5-7-11-23)32(20-24-13-15-25(30)16-14-24)28(34)21-33(38(3,36)37)26-12-8-9-22(2)18-26/h5-16,18,27H,4,17,19-21H2,1-3H3,(H,31,35)/t27-/m0/s1. The maximum Gasteiger partial charge on any atom is 0.244 e. The van der Waals surface area contributed by atoms with Crippen LogP contribution >= 0.6 is 0 Å². The van der Waals surface area contributed by atoms with Crippen molar-refractivity contribution in [2.75, 3.05) is 23.7 Å². The summed E-state index contributed by atoms with van der Waals surface area (Å²) in [6.07, 6.45) is 1.99. The van der Waals surface area contributed by atoms with Crippen molar-refractivity contribution in [3.8, 4) is 0 Å². The van der Waals surface area contributed by atoms with Gasteiger partial charge in [0.1, 0.15) is 18.4 Å². The minimum absolute atomic E-state index is 0.00157. The first-order valence-electron chi connectivity index (χ1n) is 12.5. The molecule has 0 aromatic heterocycles. The molecule has 0 aliphatic heterocycles. The zero-order valence-electron chi connectivity index (χ0n) is 21.9. The average Bonchev–Trinajstić information content (AvgIpc) is 2.88. The van der Waals surface area contributed by atoms with Crippen LogP contribution in [0.5, 0.6) is 0 Å². The lowest BCUT2D eigenvalue weighted by Gasteiger charge is -2.33. The largest absolute Gasteiger partial charge is 0.354 e. The number of rotatable bonds is 12. The fourth-order valence-corrected chi connectivity index (χ4v) is 4.94. The number of nitrogens with zero attached hydrogens (tertiary/aromatic N) is 2. The number of nitrogens with one attached hydrogen (secondary N) is 1. The van der Waals surface area contributed by atoms with Crippen LogP contribution < -0.4 is 9.62 Å². The second kappa shape index (κ2) is 13.2. The minimum atomic E-state index is -3.83. The molecule has 0 saturated carbocycles. The van der Waals surface area contributed by atoms with Gasteiger partial charge in [-0.25, -0.2) is 12.8 Å². The van der Waals surface area contributed by atoms with Gasteiger partial charge in [-0.05, 0) is 54.3 Å². The lowest BCUT2D eigenvalue weighted by atomic mass is 10.0. The fourth-order valence-electron chi connectivity index (χ4n) is 4.10. The molecule has 9 heteroatoms. The van der Waals surface area contributed by atoms with Gasteiger partial charge in [-0.15, -0.1) is 0 Å². The van der Waals surface area contributed by atoms with Crippen LogP contribution in [0, 0.1) is 12.7 Å². The Morgan fingerprint density at radius 3 is 2.24 bits per heavy atom. The van der Waals surface area contributed by atoms with Crippen molar-refractivity contribution in [3.63, 3.8) is 0 Å². The van der Waals surface area contributed by atoms with E-state index in [2.05, 4.69) is 5.32 Å². The molecule has 1 atom stereocenters. The maximum absolute atomic E-state index is 13.9. The van der Waals surface area contributed by atoms with Crippen molar-refractivity contribution in [2.24, 2.45) is 0 Å². The summed E-state index contributed by atoms with van der Waals surface area (Å²) in [5, 5.41) is 2.88. The second-order valence-corrected chi connectivity index (χ2v) is 11.2. The van der Waals surface area contributed by atoms with Crippen LogP contribution in [0.3, 0.4) is 0 Å². The van der Waals surface area contributed by atoms with Crippen LogP contribution in [0.4, 0.5) is 10.1 Å². The molecule has 38 heavy (non-hydrogen) atoms. The van der Waals surface area contributed by atoms with Crippen molar-refractivity contribution in [1.29, 1.82) is 0 Å². The van der Waals surface area contributed by atoms with Crippen LogP contribution in [-0.4, -0.2) is 50.5 Å². The number of sulfonamides is 1. The average molecular weight is 540 g/mol. The summed E-state index contributed by atoms with van der Waals surface area (Å²) >= 11 is 0. The highest BCUT2D eigenvalue weighted by molar-refractivity contribution is 7.92. The van der Waals surface area contributed by atoms with Gasteiger partial charge in [0.05, 0.1) is 11.9 Å². The summed E-state index contributed by atoms with van der Waals surface area (Å²) in [5.74, 6) is -1.31. The highest BCUT2D eigenvalue weighted by atomic mass is 32.2. The Balaban J connectivity index is 2.03. The molecule has 2 amide bonds. The number of carbonyl (C=O) groups excluding carboxylic acids is 2. The van der Waals surface area contributed by atoms with Crippen molar-refractivity contribution < 1.29 is 22.4 Å². The Hall–Kier alpha value is -3.72. The molecule has 0 heterocycles. The van der Waals surface area contributed by atoms with Gasteiger partial charge >= 0.3 is 0 Å². The molecule has 0 fully saturated rings. The molecule has 0 unspecified atom stereocenters. The number of hydrogen-bond acceptors (Lipinski definition) is 4. The number of amides is 2. The van der Waals surface area contributed by atoms with Crippen molar-refractivity contribution in [3.05, 3.63) is 101 Å². The predicted molar refractivity (Wildman–Crippen MR) is 148 cm³/mol. The van der Waals surface area contributed by atoms with E-state index in [0.29, 0.717) is 24.2 Å². The van der Waals surface area contributed by atoms with Crippen LogP contribution in [-0.2, 0) is 32.6 Å². The van der Waals surface area contributed by atoms with Gasteiger partial charge in [0, 0.05) is 19.5 Å². The van der Waals surface area contributed by atoms with Crippen LogP contribution in [0.25, 0.3) is 0 Å². The highest BCUT2D eigenvalue weighted by Crippen LogP contribution is 2.21. The van der Waals surface area contributed by atoms with Crippen LogP contribution in [0.15, 0.2) is 78.9 Å². The zero-order valence-corrected chi connectivity index (χ0v) is 22.7. The van der Waals surface area contributed by atoms with E-state index in [0.717, 1.165) is 21.7 Å². The second-order valence-electron chi connectivity index (χ2n) is 9.25. The smallest absolute Gasteiger partial charge is 0.244 e. The van der Waals surface area contributed by atoms with E-state index in [-0.39, 0.29) is 18.9 Å². The normalized spacial score (nSPS) is 12.0. The number of aryl methyl sites for hydroxylation is 1. The number of halogens is 1. The Kier molecular flexibility index (Phi) is 10.0. The quantitative estimate of drug-likeness (QED) is 0.376. The predicted octanol–water partition coefficient (Wildman–Crippen LogP) is 4.07. The van der Waals surface area contributed by atoms with E-state index in [9.17, 15) is 22.4 Å². The molecule has 3 rings (SSSR count). The summed E-state index contributed by atoms with van der Waals surface area (Å²) in [6, 6.07) is 20.9. The zero-order chi connectivity index (χ0) is 27.7. The third-order valence-electron chi connectivity index (χ3n) is 6.06. The molecule has 202 valence electrons. The third-order valence-corrected chi connectivity index (χ3v) is 7.20. The summed E-state index contributed by atoms with van der Waals surface area (Å²) < 4.78 is 40.2. The van der Waals surface area contributed by atoms with Crippen LogP contribution in [0.2, 0.25) is 0 Å². The molecule has 0 saturated heterocycles. The molecular formula is C29H34FN3O4S. The van der Waals surface area contributed by atoms with Gasteiger partial charge < -0.3 is 10.2 Å². The van der Waals surface area contributed by atoms with Crippen LogP contribution in [0.1, 0.15) is 30.0 Å². The lowest BCUT2D eigenvalue weighted by Crippen LogP contribution is -2.53. The Morgan fingerprint density at radius 2 is 1.63 bits per heavy atom. The van der Waals surface area contributed by atoms with E-state index in [4.69, 9.17) is 0 Å². The van der Waals surface area contributed by atoms with Crippen molar-refractivity contribution >= 4 is 27.5 Å². The number of hydrogen-bond donors (Lipinski definition) is 1. The third kappa shape index (κ3) is 8.14. The summed E-state index contributed by atoms with van der Waals surface area (Å²) in [7, 11) is -3.83. The molecular weight excluding hydrogens is 505 g/mol. The topological polar surface area (TPSA) is 86.8 Å². The Labute approximate surface area is 224 Å². The van der Waals surface area contributed by atoms with E-state index >= 15 is 0 Å². The van der Waals surface area contributed by atoms with E-state index in [1.165, 1.54) is 17.0 Å².